The average Bonchev–Trinajstić information content (AvgIpc) is 2.70. The van der Waals surface area contributed by atoms with Gasteiger partial charge >= 0.3 is 0 Å². The van der Waals surface area contributed by atoms with E-state index in [0.717, 1.165) is 5.56 Å². The molecule has 1 heterocycles. The highest BCUT2D eigenvalue weighted by Gasteiger charge is 2.04. The van der Waals surface area contributed by atoms with Crippen LogP contribution in [0.1, 0.15) is 5.56 Å². The molecule has 0 unspecified atom stereocenters. The number of H-pyrrole nitrogens is 1. The molecule has 0 saturated heterocycles. The van der Waals surface area contributed by atoms with Crippen molar-refractivity contribution in [2.75, 3.05) is 11.1 Å². The van der Waals surface area contributed by atoms with Gasteiger partial charge in [-0.15, -0.1) is 0 Å². The van der Waals surface area contributed by atoms with Gasteiger partial charge in [-0.05, 0) is 17.7 Å². The zero-order chi connectivity index (χ0) is 11.4. The molecule has 82 valence electrons. The van der Waals surface area contributed by atoms with E-state index < -0.39 is 0 Å². The SMILES string of the molecule is Nc1cccc(CC(=O)Nc2cn[nH]c2)c1. The highest BCUT2D eigenvalue weighted by molar-refractivity contribution is 5.92. The lowest BCUT2D eigenvalue weighted by molar-refractivity contribution is -0.115. The molecule has 0 spiro atoms. The minimum atomic E-state index is -0.0907. The zero-order valence-electron chi connectivity index (χ0n) is 8.60. The largest absolute Gasteiger partial charge is 0.399 e. The number of rotatable bonds is 3. The van der Waals surface area contributed by atoms with Crippen LogP contribution in [-0.2, 0) is 11.2 Å². The number of aromatic nitrogens is 2. The molecule has 16 heavy (non-hydrogen) atoms. The van der Waals surface area contributed by atoms with Crippen molar-refractivity contribution >= 4 is 17.3 Å². The molecule has 0 aliphatic heterocycles. The third-order valence-electron chi connectivity index (χ3n) is 2.10. The number of anilines is 2. The fraction of sp³-hybridized carbons (Fsp3) is 0.0909. The predicted molar refractivity (Wildman–Crippen MR) is 61.8 cm³/mol. The summed E-state index contributed by atoms with van der Waals surface area (Å²) in [4.78, 5) is 11.6. The third-order valence-corrected chi connectivity index (χ3v) is 2.10. The Morgan fingerprint density at radius 1 is 1.50 bits per heavy atom. The number of nitrogen functional groups attached to an aromatic ring is 1. The van der Waals surface area contributed by atoms with Gasteiger partial charge in [0.15, 0.2) is 0 Å². The van der Waals surface area contributed by atoms with Crippen LogP contribution in [0.25, 0.3) is 0 Å². The fourth-order valence-corrected chi connectivity index (χ4v) is 1.41. The van der Waals surface area contributed by atoms with Crippen LogP contribution < -0.4 is 11.1 Å². The van der Waals surface area contributed by atoms with Gasteiger partial charge in [-0.1, -0.05) is 12.1 Å². The van der Waals surface area contributed by atoms with E-state index in [1.54, 1.807) is 24.5 Å². The summed E-state index contributed by atoms with van der Waals surface area (Å²) >= 11 is 0. The normalized spacial score (nSPS) is 10.0. The van der Waals surface area contributed by atoms with Gasteiger partial charge in [0.1, 0.15) is 0 Å². The maximum Gasteiger partial charge on any atom is 0.228 e. The Labute approximate surface area is 92.7 Å². The maximum absolute atomic E-state index is 11.6. The van der Waals surface area contributed by atoms with Crippen molar-refractivity contribution in [1.29, 1.82) is 0 Å². The molecule has 0 aliphatic carbocycles. The van der Waals surface area contributed by atoms with Crippen molar-refractivity contribution in [2.24, 2.45) is 0 Å². The molecule has 1 aromatic heterocycles. The molecule has 0 radical (unpaired) electrons. The van der Waals surface area contributed by atoms with Crippen LogP contribution in [0.2, 0.25) is 0 Å². The summed E-state index contributed by atoms with van der Waals surface area (Å²) in [6.07, 6.45) is 3.48. The smallest absolute Gasteiger partial charge is 0.228 e. The van der Waals surface area contributed by atoms with E-state index >= 15 is 0 Å². The first kappa shape index (κ1) is 10.2. The minimum Gasteiger partial charge on any atom is -0.399 e. The second-order valence-corrected chi connectivity index (χ2v) is 3.46. The Morgan fingerprint density at radius 3 is 3.06 bits per heavy atom. The van der Waals surface area contributed by atoms with Crippen molar-refractivity contribution in [3.05, 3.63) is 42.2 Å². The van der Waals surface area contributed by atoms with Gasteiger partial charge < -0.3 is 11.1 Å². The number of aromatic amines is 1. The van der Waals surface area contributed by atoms with Crippen LogP contribution >= 0.6 is 0 Å². The first-order chi connectivity index (χ1) is 7.74. The molecule has 0 fully saturated rings. The standard InChI is InChI=1S/C11H12N4O/c12-9-3-1-2-8(4-9)5-11(16)15-10-6-13-14-7-10/h1-4,6-7H,5,12H2,(H,13,14)(H,15,16). The second-order valence-electron chi connectivity index (χ2n) is 3.46. The average molecular weight is 216 g/mol. The summed E-state index contributed by atoms with van der Waals surface area (Å²) in [5.74, 6) is -0.0907. The topological polar surface area (TPSA) is 83.8 Å². The van der Waals surface area contributed by atoms with Gasteiger partial charge in [0, 0.05) is 11.9 Å². The Hall–Kier alpha value is -2.30. The first-order valence-electron chi connectivity index (χ1n) is 4.87. The van der Waals surface area contributed by atoms with Crippen molar-refractivity contribution in [3.63, 3.8) is 0 Å². The highest BCUT2D eigenvalue weighted by Crippen LogP contribution is 2.08. The summed E-state index contributed by atoms with van der Waals surface area (Å²) in [7, 11) is 0. The number of hydrogen-bond acceptors (Lipinski definition) is 3. The van der Waals surface area contributed by atoms with E-state index in [4.69, 9.17) is 5.73 Å². The number of nitrogens with one attached hydrogen (secondary N) is 2. The van der Waals surface area contributed by atoms with Crippen LogP contribution in [0.3, 0.4) is 0 Å². The molecular weight excluding hydrogens is 204 g/mol. The minimum absolute atomic E-state index is 0.0907. The molecule has 2 aromatic rings. The van der Waals surface area contributed by atoms with E-state index in [-0.39, 0.29) is 5.91 Å². The highest BCUT2D eigenvalue weighted by atomic mass is 16.1. The lowest BCUT2D eigenvalue weighted by Gasteiger charge is -2.03. The molecular formula is C11H12N4O. The third kappa shape index (κ3) is 2.60. The second kappa shape index (κ2) is 4.48. The van der Waals surface area contributed by atoms with Crippen molar-refractivity contribution in [3.8, 4) is 0 Å². The summed E-state index contributed by atoms with van der Waals surface area (Å²) in [5.41, 5.74) is 7.84. The molecule has 0 aliphatic rings. The Balaban J connectivity index is 1.97. The zero-order valence-corrected chi connectivity index (χ0v) is 8.60. The maximum atomic E-state index is 11.6. The Bertz CT molecular complexity index is 478. The van der Waals surface area contributed by atoms with Gasteiger partial charge in [-0.25, -0.2) is 0 Å². The van der Waals surface area contributed by atoms with Gasteiger partial charge in [0.25, 0.3) is 0 Å². The summed E-state index contributed by atoms with van der Waals surface area (Å²) in [5, 5.41) is 9.08. The van der Waals surface area contributed by atoms with E-state index in [1.807, 2.05) is 12.1 Å². The number of hydrogen-bond donors (Lipinski definition) is 3. The summed E-state index contributed by atoms with van der Waals surface area (Å²) in [6, 6.07) is 7.27. The van der Waals surface area contributed by atoms with Crippen molar-refractivity contribution in [1.82, 2.24) is 10.2 Å². The van der Waals surface area contributed by atoms with Crippen molar-refractivity contribution < 1.29 is 4.79 Å². The first-order valence-corrected chi connectivity index (χ1v) is 4.87. The lowest BCUT2D eigenvalue weighted by Crippen LogP contribution is -2.13. The fourth-order valence-electron chi connectivity index (χ4n) is 1.41. The van der Waals surface area contributed by atoms with Gasteiger partial charge in [0.05, 0.1) is 18.3 Å². The number of nitrogens with zero attached hydrogens (tertiary/aromatic N) is 1. The number of amides is 1. The van der Waals surface area contributed by atoms with Crippen LogP contribution in [0.5, 0.6) is 0 Å². The molecule has 5 heteroatoms. The van der Waals surface area contributed by atoms with Gasteiger partial charge in [-0.3, -0.25) is 9.89 Å². The monoisotopic (exact) mass is 216 g/mol. The van der Waals surface area contributed by atoms with E-state index in [2.05, 4.69) is 15.5 Å². The number of benzene rings is 1. The molecule has 0 saturated carbocycles. The number of carbonyl (C=O) groups is 1. The van der Waals surface area contributed by atoms with Crippen LogP contribution in [0.15, 0.2) is 36.7 Å². The quantitative estimate of drug-likeness (QED) is 0.673. The Kier molecular flexibility index (Phi) is 2.86. The molecule has 0 atom stereocenters. The van der Waals surface area contributed by atoms with Gasteiger partial charge in [-0.2, -0.15) is 5.10 Å². The molecule has 2 rings (SSSR count). The molecule has 0 bridgehead atoms. The van der Waals surface area contributed by atoms with Crippen LogP contribution in [0, 0.1) is 0 Å². The van der Waals surface area contributed by atoms with Gasteiger partial charge in [0.2, 0.25) is 5.91 Å². The summed E-state index contributed by atoms with van der Waals surface area (Å²) in [6.45, 7) is 0. The van der Waals surface area contributed by atoms with E-state index in [9.17, 15) is 4.79 Å². The molecule has 1 amide bonds. The van der Waals surface area contributed by atoms with E-state index in [0.29, 0.717) is 17.8 Å². The van der Waals surface area contributed by atoms with Crippen LogP contribution in [0.4, 0.5) is 11.4 Å². The number of carbonyl (C=O) groups excluding carboxylic acids is 1. The molecule has 4 N–H and O–H groups in total. The summed E-state index contributed by atoms with van der Waals surface area (Å²) < 4.78 is 0. The Morgan fingerprint density at radius 2 is 2.38 bits per heavy atom. The van der Waals surface area contributed by atoms with Crippen molar-refractivity contribution in [2.45, 2.75) is 6.42 Å². The molecule has 1 aromatic carbocycles. The van der Waals surface area contributed by atoms with Crippen LogP contribution in [-0.4, -0.2) is 16.1 Å². The van der Waals surface area contributed by atoms with E-state index in [1.165, 1.54) is 0 Å². The lowest BCUT2D eigenvalue weighted by atomic mass is 10.1. The predicted octanol–water partition coefficient (Wildman–Crippen LogP) is 1.17. The molecule has 5 nitrogen and oxygen atoms in total. The number of nitrogens with two attached hydrogens (primary N) is 1.